The van der Waals surface area contributed by atoms with Crippen LogP contribution >= 0.6 is 0 Å². The molecule has 0 aromatic heterocycles. The van der Waals surface area contributed by atoms with Crippen molar-refractivity contribution in [1.82, 2.24) is 0 Å². The molecule has 1 aromatic carbocycles. The van der Waals surface area contributed by atoms with Crippen LogP contribution in [0.2, 0.25) is 21.3 Å². The zero-order valence-corrected chi connectivity index (χ0v) is 22.8. The molecule has 144 valence electrons. The van der Waals surface area contributed by atoms with E-state index in [0.717, 1.165) is 21.0 Å². The summed E-state index contributed by atoms with van der Waals surface area (Å²) in [4.78, 5) is 23.0. The van der Waals surface area contributed by atoms with Crippen LogP contribution in [0.1, 0.15) is 27.6 Å². The van der Waals surface area contributed by atoms with Crippen molar-refractivity contribution in [3.63, 3.8) is 0 Å². The molecule has 0 atom stereocenters. The minimum absolute atomic E-state index is 0.0461. The number of hydrogen-bond acceptors (Lipinski definition) is 3. The fourth-order valence-electron chi connectivity index (χ4n) is 1.50. The van der Waals surface area contributed by atoms with Crippen LogP contribution in [0.3, 0.4) is 0 Å². The van der Waals surface area contributed by atoms with Crippen LogP contribution in [0, 0.1) is 0 Å². The predicted octanol–water partition coefficient (Wildman–Crippen LogP) is 3.27. The van der Waals surface area contributed by atoms with E-state index >= 15 is 0 Å². The van der Waals surface area contributed by atoms with Gasteiger partial charge in [-0.25, -0.2) is 0 Å². The summed E-state index contributed by atoms with van der Waals surface area (Å²) in [5.74, 6) is -0.122. The molecule has 0 radical (unpaired) electrons. The molecule has 1 aliphatic rings. The van der Waals surface area contributed by atoms with Gasteiger partial charge in [-0.15, -0.1) is 0 Å². The third-order valence-electron chi connectivity index (χ3n) is 3.32. The maximum atomic E-state index is 11.5. The average Bonchev–Trinajstić information content (AvgIpc) is 2.54. The van der Waals surface area contributed by atoms with Crippen LogP contribution in [0.4, 0.5) is 0 Å². The van der Waals surface area contributed by atoms with Gasteiger partial charge in [0.25, 0.3) is 0 Å². The first-order valence-corrected chi connectivity index (χ1v) is 20.7. The summed E-state index contributed by atoms with van der Waals surface area (Å²) in [6.07, 6.45) is 1.39. The maximum Gasteiger partial charge on any atom is 0.189 e. The van der Waals surface area contributed by atoms with Crippen molar-refractivity contribution in [3.05, 3.63) is 69.1 Å². The Hall–Kier alpha value is -1.14. The molecular formula is C19H32O3PtSi2. The first kappa shape index (κ1) is 23.9. The number of allylic oxidation sites excluding steroid dienone is 2. The summed E-state index contributed by atoms with van der Waals surface area (Å²) in [6.45, 7) is 9.38. The minimum Gasteiger partial charge on any atom is -0.471 e. The smallest absolute Gasteiger partial charge is 0.189 e. The summed E-state index contributed by atoms with van der Waals surface area (Å²) >= 11 is -2.71. The Bertz CT molecular complexity index is 713. The number of carbonyl (C=O) groups excluding carboxylic acids is 2. The Morgan fingerprint density at radius 2 is 1.36 bits per heavy atom. The SMILES string of the molecule is C=[CH][Pt]([CH3])([CH3])([CH3])([CH3])[CH]=C.CC1=CC(=O)c2ccccc2C1=O.[SiH3]O[SiH3]. The van der Waals surface area contributed by atoms with Gasteiger partial charge < -0.3 is 4.12 Å². The van der Waals surface area contributed by atoms with Gasteiger partial charge in [-0.05, 0) is 13.0 Å². The second-order valence-corrected chi connectivity index (χ2v) is 37.2. The molecule has 0 heterocycles. The van der Waals surface area contributed by atoms with Gasteiger partial charge in [0.05, 0.1) is 0 Å². The van der Waals surface area contributed by atoms with Crippen LogP contribution in [0.15, 0.2) is 58.0 Å². The van der Waals surface area contributed by atoms with E-state index < -0.39 is 13.6 Å². The van der Waals surface area contributed by atoms with E-state index in [-0.39, 0.29) is 11.6 Å². The molecule has 25 heavy (non-hydrogen) atoms. The number of rotatable bonds is 2. The molecule has 1 aliphatic carbocycles. The molecule has 0 unspecified atom stereocenters. The Balaban J connectivity index is 0.000000422. The average molecular weight is 560 g/mol. The van der Waals surface area contributed by atoms with E-state index in [1.807, 2.05) is 0 Å². The number of Topliss-reactive ketones (excluding diaryl/α,β-unsaturated/α-hetero) is 1. The monoisotopic (exact) mass is 559 g/mol. The third kappa shape index (κ3) is 7.74. The van der Waals surface area contributed by atoms with Gasteiger partial charge in [0.1, 0.15) is 21.0 Å². The molecule has 3 nitrogen and oxygen atoms in total. The normalized spacial score (nSPS) is 16.0. The zero-order chi connectivity index (χ0) is 20.0. The van der Waals surface area contributed by atoms with E-state index in [0.29, 0.717) is 16.7 Å². The molecular weight excluding hydrogens is 527 g/mol. The molecule has 0 saturated heterocycles. The molecule has 1 aromatic rings. The summed E-state index contributed by atoms with van der Waals surface area (Å²) in [5.41, 5.74) is 1.55. The van der Waals surface area contributed by atoms with E-state index in [9.17, 15) is 9.59 Å². The van der Waals surface area contributed by atoms with Crippen LogP contribution < -0.4 is 0 Å². The van der Waals surface area contributed by atoms with E-state index in [1.54, 1.807) is 31.2 Å². The molecule has 0 N–H and O–H groups in total. The number of fused-ring (bicyclic) bond motifs is 1. The minimum atomic E-state index is -2.71. The Morgan fingerprint density at radius 3 is 1.72 bits per heavy atom. The van der Waals surface area contributed by atoms with Crippen molar-refractivity contribution in [1.29, 1.82) is 0 Å². The van der Waals surface area contributed by atoms with Gasteiger partial charge in [-0.1, -0.05) is 24.3 Å². The second-order valence-electron chi connectivity index (χ2n) is 7.20. The van der Waals surface area contributed by atoms with Crippen molar-refractivity contribution >= 4 is 32.5 Å². The topological polar surface area (TPSA) is 43.4 Å². The molecule has 0 fully saturated rings. The van der Waals surface area contributed by atoms with E-state index in [2.05, 4.69) is 47.5 Å². The Morgan fingerprint density at radius 1 is 0.960 bits per heavy atom. The number of hydrogen-bond donors (Lipinski definition) is 0. The maximum absolute atomic E-state index is 11.5. The fraction of sp³-hybridized carbons (Fsp3) is 0.263. The van der Waals surface area contributed by atoms with Crippen LogP contribution in [0.25, 0.3) is 0 Å². The molecule has 2 rings (SSSR count). The van der Waals surface area contributed by atoms with Crippen LogP contribution in [-0.4, -0.2) is 32.5 Å². The molecule has 6 heteroatoms. The number of carbonyl (C=O) groups is 2. The quantitative estimate of drug-likeness (QED) is 0.523. The van der Waals surface area contributed by atoms with E-state index in [1.165, 1.54) is 6.08 Å². The Kier molecular flexibility index (Phi) is 7.68. The van der Waals surface area contributed by atoms with Crippen molar-refractivity contribution in [3.8, 4) is 0 Å². The Labute approximate surface area is 156 Å². The zero-order valence-electron chi connectivity index (χ0n) is 16.5. The standard InChI is InChI=1S/C11H8O2.2C2H3.4CH3.H6OSi2.Pt/c1-7-6-10(12)8-4-2-3-5-9(8)11(7)13;2*1-2;;;;;2-1-3;/h2-6H,1H3;2*1H,2H2;4*1H3;2-3H3;. The summed E-state index contributed by atoms with van der Waals surface area (Å²) in [6, 6.07) is 6.89. The largest absolute Gasteiger partial charge is 0.471 e. The van der Waals surface area contributed by atoms with E-state index in [4.69, 9.17) is 0 Å². The van der Waals surface area contributed by atoms with Gasteiger partial charge >= 0.3 is 56.9 Å². The first-order chi connectivity index (χ1) is 11.2. The predicted molar refractivity (Wildman–Crippen MR) is 114 cm³/mol. The van der Waals surface area contributed by atoms with Crippen molar-refractivity contribution in [2.75, 3.05) is 0 Å². The molecule has 0 saturated carbocycles. The van der Waals surface area contributed by atoms with Crippen molar-refractivity contribution < 1.29 is 27.3 Å². The molecule has 0 bridgehead atoms. The van der Waals surface area contributed by atoms with Crippen molar-refractivity contribution in [2.24, 2.45) is 0 Å². The molecule has 0 amide bonds. The van der Waals surface area contributed by atoms with Crippen LogP contribution in [0.5, 0.6) is 0 Å². The molecule has 0 aliphatic heterocycles. The van der Waals surface area contributed by atoms with Gasteiger partial charge in [0, 0.05) is 16.7 Å². The second kappa shape index (κ2) is 8.04. The summed E-state index contributed by atoms with van der Waals surface area (Å²) in [7, 11) is 1.86. The van der Waals surface area contributed by atoms with Crippen molar-refractivity contribution in [2.45, 2.75) is 28.2 Å². The van der Waals surface area contributed by atoms with Crippen LogP contribution in [-0.2, 0) is 17.7 Å². The first-order valence-electron chi connectivity index (χ1n) is 7.33. The number of ketones is 2. The summed E-state index contributed by atoms with van der Waals surface area (Å²) < 4.78 is 8.73. The summed E-state index contributed by atoms with van der Waals surface area (Å²) in [5, 5.41) is 9.15. The van der Waals surface area contributed by atoms with Gasteiger partial charge in [0.2, 0.25) is 0 Å². The number of benzene rings is 1. The van der Waals surface area contributed by atoms with Gasteiger partial charge in [0.15, 0.2) is 11.6 Å². The third-order valence-corrected chi connectivity index (χ3v) is 11.8. The van der Waals surface area contributed by atoms with Gasteiger partial charge in [-0.2, -0.15) is 0 Å². The van der Waals surface area contributed by atoms with Gasteiger partial charge in [-0.3, -0.25) is 9.59 Å². The fourth-order valence-corrected chi connectivity index (χ4v) is 1.88. The molecule has 0 spiro atoms.